The van der Waals surface area contributed by atoms with Crippen molar-refractivity contribution in [1.82, 2.24) is 29.7 Å². The van der Waals surface area contributed by atoms with Crippen LogP contribution in [0.25, 0.3) is 11.0 Å². The van der Waals surface area contributed by atoms with Gasteiger partial charge in [0.2, 0.25) is 0 Å². The van der Waals surface area contributed by atoms with Gasteiger partial charge in [0.15, 0.2) is 11.6 Å². The molecule has 1 aliphatic heterocycles. The largest absolute Gasteiger partial charge is 0.448 e. The van der Waals surface area contributed by atoms with E-state index in [-0.39, 0.29) is 23.9 Å². The molecular weight excluding hydrogens is 507 g/mol. The predicted octanol–water partition coefficient (Wildman–Crippen LogP) is 2.94. The summed E-state index contributed by atoms with van der Waals surface area (Å²) < 4.78 is 27.4. The number of ether oxygens (including phenoxy) is 1. The Balaban J connectivity index is 1.08. The van der Waals surface area contributed by atoms with Gasteiger partial charge in [0.25, 0.3) is 5.91 Å². The van der Waals surface area contributed by atoms with Crippen LogP contribution in [0.1, 0.15) is 40.2 Å². The molecular formula is C27H32FN6O3S+. The predicted molar refractivity (Wildman–Crippen MR) is 145 cm³/mol. The van der Waals surface area contributed by atoms with Crippen molar-refractivity contribution in [2.24, 2.45) is 0 Å². The zero-order valence-corrected chi connectivity index (χ0v) is 22.2. The Kier molecular flexibility index (Phi) is 8.67. The molecule has 11 heteroatoms. The average molecular weight is 540 g/mol. The maximum atomic E-state index is 13.7. The van der Waals surface area contributed by atoms with E-state index in [4.69, 9.17) is 14.1 Å². The lowest BCUT2D eigenvalue weighted by atomic mass is 10.00. The van der Waals surface area contributed by atoms with E-state index in [1.165, 1.54) is 36.4 Å². The van der Waals surface area contributed by atoms with Gasteiger partial charge in [0.1, 0.15) is 30.4 Å². The number of hydrogen-bond acceptors (Lipinski definition) is 7. The topological polar surface area (TPSA) is 98.3 Å². The van der Waals surface area contributed by atoms with E-state index in [9.17, 15) is 9.18 Å². The number of hydrogen-bond donors (Lipinski definition) is 1. The molecule has 0 atom stereocenters. The number of thiol groups is 1. The summed E-state index contributed by atoms with van der Waals surface area (Å²) in [6, 6.07) is 11.0. The van der Waals surface area contributed by atoms with Crippen molar-refractivity contribution in [1.29, 1.82) is 0 Å². The van der Waals surface area contributed by atoms with Crippen molar-refractivity contribution < 1.29 is 18.3 Å². The van der Waals surface area contributed by atoms with Crippen molar-refractivity contribution in [3.63, 3.8) is 0 Å². The summed E-state index contributed by atoms with van der Waals surface area (Å²) in [5, 5.41) is 2.64. The lowest BCUT2D eigenvalue weighted by molar-refractivity contribution is 0.0899. The zero-order valence-electron chi connectivity index (χ0n) is 21.3. The van der Waals surface area contributed by atoms with E-state index >= 15 is 0 Å². The zero-order chi connectivity index (χ0) is 26.3. The molecule has 1 amide bonds. The number of nitrogens with zero attached hydrogens (tertiary/aromatic N) is 5. The number of para-hydroxylation sites is 2. The van der Waals surface area contributed by atoms with Crippen molar-refractivity contribution >= 4 is 28.7 Å². The molecule has 3 aromatic heterocycles. The Morgan fingerprint density at radius 3 is 2.95 bits per heavy atom. The highest BCUT2D eigenvalue weighted by Crippen LogP contribution is 2.27. The van der Waals surface area contributed by atoms with Gasteiger partial charge in [-0.1, -0.05) is 12.1 Å². The molecule has 0 radical (unpaired) electrons. The van der Waals surface area contributed by atoms with Gasteiger partial charge in [-0.25, -0.2) is 14.4 Å². The molecule has 0 aliphatic carbocycles. The van der Waals surface area contributed by atoms with Crippen molar-refractivity contribution in [3.8, 4) is 0 Å². The first-order valence-corrected chi connectivity index (χ1v) is 14.3. The van der Waals surface area contributed by atoms with Gasteiger partial charge in [-0.15, -0.1) is 0 Å². The van der Waals surface area contributed by atoms with Gasteiger partial charge in [-0.3, -0.25) is 9.78 Å². The van der Waals surface area contributed by atoms with Crippen LogP contribution in [-0.4, -0.2) is 68.6 Å². The number of fused-ring (bicyclic) bond motifs is 1. The third-order valence-electron chi connectivity index (χ3n) is 6.60. The smallest absolute Gasteiger partial charge is 0.273 e. The number of likely N-dealkylation sites (tertiary alicyclic amines) is 1. The molecule has 0 unspecified atom stereocenters. The van der Waals surface area contributed by atoms with Crippen molar-refractivity contribution in [2.45, 2.75) is 32.0 Å². The van der Waals surface area contributed by atoms with Crippen LogP contribution in [0.2, 0.25) is 0 Å². The molecule has 1 aromatic carbocycles. The molecule has 1 saturated heterocycles. The van der Waals surface area contributed by atoms with Crippen molar-refractivity contribution in [2.75, 3.05) is 38.2 Å². The normalized spacial score (nSPS) is 14.2. The number of pyridine rings is 1. The van der Waals surface area contributed by atoms with E-state index in [1.807, 2.05) is 18.2 Å². The standard InChI is InChI=1S/C27H31FN6O3S/c1-38-13-12-36-18-34-24-8-3-2-7-21(24)31-25(34)9-5-11-33-15-19(16-33)27-32-23(17-37-27)26(35)30-14-22-20(28)6-4-10-29-22/h2-4,6-8,10,17,19H,5,9,11-16,18H2,1H3,(H,30,35)/p+1. The summed E-state index contributed by atoms with van der Waals surface area (Å²) in [5.74, 6) is 1.91. The molecule has 200 valence electrons. The Morgan fingerprint density at radius 2 is 2.11 bits per heavy atom. The van der Waals surface area contributed by atoms with E-state index < -0.39 is 11.7 Å². The molecule has 38 heavy (non-hydrogen) atoms. The summed E-state index contributed by atoms with van der Waals surface area (Å²) in [6.45, 7) is 3.86. The van der Waals surface area contributed by atoms with Crippen LogP contribution >= 0.6 is 0 Å². The molecule has 4 aromatic rings. The van der Waals surface area contributed by atoms with E-state index in [0.717, 1.165) is 61.7 Å². The second-order valence-electron chi connectivity index (χ2n) is 9.27. The maximum absolute atomic E-state index is 13.7. The van der Waals surface area contributed by atoms with E-state index in [1.54, 1.807) is 0 Å². The monoisotopic (exact) mass is 539 g/mol. The quantitative estimate of drug-likeness (QED) is 0.158. The van der Waals surface area contributed by atoms with Crippen LogP contribution in [0.15, 0.2) is 53.3 Å². The minimum atomic E-state index is -0.458. The van der Waals surface area contributed by atoms with Crippen LogP contribution in [0.3, 0.4) is 0 Å². The second kappa shape index (κ2) is 12.5. The summed E-state index contributed by atoms with van der Waals surface area (Å²) in [4.78, 5) is 27.9. The summed E-state index contributed by atoms with van der Waals surface area (Å²) in [6.07, 6.45) is 6.82. The average Bonchev–Trinajstić information content (AvgIpc) is 3.52. The molecule has 0 saturated carbocycles. The third-order valence-corrected chi connectivity index (χ3v) is 7.23. The molecule has 4 heterocycles. The lowest BCUT2D eigenvalue weighted by Crippen LogP contribution is -2.45. The number of halogens is 1. The molecule has 1 fully saturated rings. The number of imidazole rings is 1. The Labute approximate surface area is 224 Å². The van der Waals surface area contributed by atoms with Crippen LogP contribution in [0.4, 0.5) is 4.39 Å². The summed E-state index contributed by atoms with van der Waals surface area (Å²) in [7, 11) is 0. The van der Waals surface area contributed by atoms with Crippen molar-refractivity contribution in [3.05, 3.63) is 77.8 Å². The van der Waals surface area contributed by atoms with Gasteiger partial charge >= 0.3 is 0 Å². The molecule has 1 aliphatic rings. The first-order valence-electron chi connectivity index (χ1n) is 12.7. The first kappa shape index (κ1) is 26.3. The Hall–Kier alpha value is -3.28. The Bertz CT molecular complexity index is 1370. The van der Waals surface area contributed by atoms with E-state index in [2.05, 4.69) is 37.1 Å². The number of carbonyl (C=O) groups excluding carboxylic acids is 1. The minimum absolute atomic E-state index is 0.0107. The number of aryl methyl sites for hydroxylation is 1. The highest BCUT2D eigenvalue weighted by molar-refractivity contribution is 7.77. The number of carbonyl (C=O) groups is 1. The maximum Gasteiger partial charge on any atom is 0.273 e. The van der Waals surface area contributed by atoms with Gasteiger partial charge < -0.3 is 23.9 Å². The molecule has 9 nitrogen and oxygen atoms in total. The fraction of sp³-hybridized carbons (Fsp3) is 0.407. The summed E-state index contributed by atoms with van der Waals surface area (Å²) in [5.41, 5.74) is 2.47. The summed E-state index contributed by atoms with van der Waals surface area (Å²) >= 11 is 1.33. The molecule has 0 bridgehead atoms. The van der Waals surface area contributed by atoms with Gasteiger partial charge in [-0.05, 0) is 49.0 Å². The van der Waals surface area contributed by atoms with Gasteiger partial charge in [0.05, 0.1) is 42.1 Å². The van der Waals surface area contributed by atoms with Gasteiger partial charge in [-0.2, -0.15) is 0 Å². The minimum Gasteiger partial charge on any atom is -0.448 e. The van der Waals surface area contributed by atoms with Gasteiger partial charge in [0, 0.05) is 25.7 Å². The van der Waals surface area contributed by atoms with E-state index in [0.29, 0.717) is 12.6 Å². The number of aromatic nitrogens is 4. The number of amides is 1. The highest BCUT2D eigenvalue weighted by Gasteiger charge is 2.32. The number of nitrogens with one attached hydrogen (secondary N) is 1. The molecule has 5 rings (SSSR count). The lowest BCUT2D eigenvalue weighted by Gasteiger charge is -2.37. The molecule has 1 N–H and O–H groups in total. The molecule has 0 spiro atoms. The SMILES string of the molecule is C[SH+]CCOCn1c(CCCN2CC(c3nc(C(=O)NCc4ncccc4F)co3)C2)nc2ccccc21. The van der Waals surface area contributed by atoms with Crippen LogP contribution < -0.4 is 5.32 Å². The fourth-order valence-corrected chi connectivity index (χ4v) is 4.84. The van der Waals surface area contributed by atoms with Crippen LogP contribution in [0, 0.1) is 5.82 Å². The van der Waals surface area contributed by atoms with Crippen LogP contribution in [-0.2, 0) is 36.2 Å². The fourth-order valence-electron chi connectivity index (χ4n) is 4.52. The number of rotatable bonds is 13. The number of benzene rings is 1. The first-order chi connectivity index (χ1) is 18.6. The third kappa shape index (κ3) is 6.23. The highest BCUT2D eigenvalue weighted by atomic mass is 32.2. The number of oxazole rings is 1. The second-order valence-corrected chi connectivity index (χ2v) is 10.3. The van der Waals surface area contributed by atoms with Crippen LogP contribution in [0.5, 0.6) is 0 Å². The Morgan fingerprint density at radius 1 is 1.24 bits per heavy atom.